The number of hydrogen-bond acceptors (Lipinski definition) is 3. The van der Waals surface area contributed by atoms with Crippen LogP contribution < -0.4 is 5.32 Å². The first-order valence-corrected chi connectivity index (χ1v) is 5.96. The molecule has 1 atom stereocenters. The number of amides is 1. The molecule has 8 heteroatoms. The van der Waals surface area contributed by atoms with Crippen molar-refractivity contribution in [2.45, 2.75) is 19.1 Å². The predicted octanol–water partition coefficient (Wildman–Crippen LogP) is 1.98. The van der Waals surface area contributed by atoms with Crippen molar-refractivity contribution in [1.29, 1.82) is 0 Å². The SMILES string of the molecule is CC(NC(=O)COCC(=O)O)c1ccc(C(F)(F)F)cc1. The van der Waals surface area contributed by atoms with Gasteiger partial charge in [-0.1, -0.05) is 12.1 Å². The van der Waals surface area contributed by atoms with E-state index in [-0.39, 0.29) is 0 Å². The van der Waals surface area contributed by atoms with E-state index in [2.05, 4.69) is 10.1 Å². The molecule has 0 spiro atoms. The summed E-state index contributed by atoms with van der Waals surface area (Å²) in [6.45, 7) is 0.567. The van der Waals surface area contributed by atoms with E-state index < -0.39 is 42.9 Å². The fourth-order valence-corrected chi connectivity index (χ4v) is 1.56. The zero-order chi connectivity index (χ0) is 16.0. The van der Waals surface area contributed by atoms with Crippen LogP contribution in [-0.2, 0) is 20.5 Å². The molecule has 1 unspecified atom stereocenters. The normalized spacial score (nSPS) is 12.8. The third-order valence-electron chi connectivity index (χ3n) is 2.57. The van der Waals surface area contributed by atoms with Gasteiger partial charge in [0.05, 0.1) is 11.6 Å². The summed E-state index contributed by atoms with van der Waals surface area (Å²) in [4.78, 5) is 21.6. The van der Waals surface area contributed by atoms with Gasteiger partial charge in [0.1, 0.15) is 13.2 Å². The van der Waals surface area contributed by atoms with Crippen LogP contribution in [0, 0.1) is 0 Å². The second-order valence-electron chi connectivity index (χ2n) is 4.30. The second-order valence-corrected chi connectivity index (χ2v) is 4.30. The number of aliphatic carboxylic acids is 1. The highest BCUT2D eigenvalue weighted by atomic mass is 19.4. The molecule has 1 amide bonds. The molecule has 0 bridgehead atoms. The lowest BCUT2D eigenvalue weighted by molar-refractivity contribution is -0.143. The van der Waals surface area contributed by atoms with E-state index in [1.807, 2.05) is 0 Å². The Kier molecular flexibility index (Phi) is 5.71. The van der Waals surface area contributed by atoms with E-state index in [9.17, 15) is 22.8 Å². The molecule has 2 N–H and O–H groups in total. The molecule has 0 aromatic heterocycles. The Morgan fingerprint density at radius 1 is 1.24 bits per heavy atom. The van der Waals surface area contributed by atoms with Gasteiger partial charge in [-0.2, -0.15) is 13.2 Å². The molecule has 21 heavy (non-hydrogen) atoms. The number of rotatable bonds is 6. The Morgan fingerprint density at radius 3 is 2.29 bits per heavy atom. The number of halogens is 3. The summed E-state index contributed by atoms with van der Waals surface area (Å²) in [6, 6.07) is 3.88. The molecule has 5 nitrogen and oxygen atoms in total. The van der Waals surface area contributed by atoms with E-state index >= 15 is 0 Å². The van der Waals surface area contributed by atoms with Crippen LogP contribution in [0.5, 0.6) is 0 Å². The molecule has 1 rings (SSSR count). The van der Waals surface area contributed by atoms with Gasteiger partial charge in [-0.3, -0.25) is 4.79 Å². The summed E-state index contributed by atoms with van der Waals surface area (Å²) in [7, 11) is 0. The fourth-order valence-electron chi connectivity index (χ4n) is 1.56. The van der Waals surface area contributed by atoms with Crippen LogP contribution in [0.25, 0.3) is 0 Å². The molecule has 0 fully saturated rings. The molecule has 0 aliphatic rings. The summed E-state index contributed by atoms with van der Waals surface area (Å²) in [5.41, 5.74) is -0.274. The molecule has 0 radical (unpaired) electrons. The third kappa shape index (κ3) is 5.82. The Hall–Kier alpha value is -2.09. The minimum Gasteiger partial charge on any atom is -0.480 e. The molecule has 0 aliphatic heterocycles. The number of benzene rings is 1. The van der Waals surface area contributed by atoms with Gasteiger partial charge in [-0.15, -0.1) is 0 Å². The maximum atomic E-state index is 12.4. The highest BCUT2D eigenvalue weighted by Gasteiger charge is 2.30. The monoisotopic (exact) mass is 305 g/mol. The predicted molar refractivity (Wildman–Crippen MR) is 66.5 cm³/mol. The molecule has 1 aromatic rings. The van der Waals surface area contributed by atoms with E-state index in [4.69, 9.17) is 5.11 Å². The number of carbonyl (C=O) groups is 2. The van der Waals surface area contributed by atoms with Crippen LogP contribution >= 0.6 is 0 Å². The van der Waals surface area contributed by atoms with Gasteiger partial charge in [-0.05, 0) is 24.6 Å². The van der Waals surface area contributed by atoms with Crippen molar-refractivity contribution in [3.05, 3.63) is 35.4 Å². The lowest BCUT2D eigenvalue weighted by Crippen LogP contribution is -2.31. The summed E-state index contributed by atoms with van der Waals surface area (Å²) in [6.07, 6.45) is -4.41. The summed E-state index contributed by atoms with van der Waals surface area (Å²) < 4.78 is 41.8. The first-order chi connectivity index (χ1) is 9.70. The van der Waals surface area contributed by atoms with Crippen LogP contribution in [0.15, 0.2) is 24.3 Å². The van der Waals surface area contributed by atoms with Gasteiger partial charge >= 0.3 is 12.1 Å². The number of hydrogen-bond donors (Lipinski definition) is 2. The van der Waals surface area contributed by atoms with Gasteiger partial charge in [0, 0.05) is 0 Å². The van der Waals surface area contributed by atoms with Gasteiger partial charge in [0.2, 0.25) is 5.91 Å². The van der Waals surface area contributed by atoms with Gasteiger partial charge in [0.15, 0.2) is 0 Å². The van der Waals surface area contributed by atoms with E-state index in [1.165, 1.54) is 12.1 Å². The number of carboxylic acids is 1. The van der Waals surface area contributed by atoms with Crippen molar-refractivity contribution in [3.8, 4) is 0 Å². The molecule has 0 saturated heterocycles. The number of ether oxygens (including phenoxy) is 1. The molecular weight excluding hydrogens is 291 g/mol. The molecule has 0 saturated carbocycles. The maximum Gasteiger partial charge on any atom is 0.416 e. The Morgan fingerprint density at radius 2 is 1.81 bits per heavy atom. The fraction of sp³-hybridized carbons (Fsp3) is 0.385. The van der Waals surface area contributed by atoms with E-state index in [0.717, 1.165) is 12.1 Å². The van der Waals surface area contributed by atoms with E-state index in [0.29, 0.717) is 5.56 Å². The van der Waals surface area contributed by atoms with Crippen molar-refractivity contribution in [1.82, 2.24) is 5.32 Å². The van der Waals surface area contributed by atoms with Crippen molar-refractivity contribution in [3.63, 3.8) is 0 Å². The van der Waals surface area contributed by atoms with Crippen molar-refractivity contribution < 1.29 is 32.6 Å². The van der Waals surface area contributed by atoms with Crippen molar-refractivity contribution in [2.75, 3.05) is 13.2 Å². The first-order valence-electron chi connectivity index (χ1n) is 5.96. The smallest absolute Gasteiger partial charge is 0.416 e. The van der Waals surface area contributed by atoms with Crippen LogP contribution in [0.1, 0.15) is 24.1 Å². The Bertz CT molecular complexity index is 499. The molecule has 0 aliphatic carbocycles. The van der Waals surface area contributed by atoms with Crippen molar-refractivity contribution >= 4 is 11.9 Å². The maximum absolute atomic E-state index is 12.4. The molecule has 0 heterocycles. The Labute approximate surface area is 118 Å². The van der Waals surface area contributed by atoms with Crippen molar-refractivity contribution in [2.24, 2.45) is 0 Å². The van der Waals surface area contributed by atoms with Gasteiger partial charge in [0.25, 0.3) is 0 Å². The topological polar surface area (TPSA) is 75.6 Å². The zero-order valence-corrected chi connectivity index (χ0v) is 11.1. The average molecular weight is 305 g/mol. The highest BCUT2D eigenvalue weighted by molar-refractivity contribution is 5.78. The quantitative estimate of drug-likeness (QED) is 0.842. The van der Waals surface area contributed by atoms with Gasteiger partial charge in [-0.25, -0.2) is 4.79 Å². The number of carbonyl (C=O) groups excluding carboxylic acids is 1. The standard InChI is InChI=1S/C13H14F3NO4/c1-8(17-11(18)6-21-7-12(19)20)9-2-4-10(5-3-9)13(14,15)16/h2-5,8H,6-7H2,1H3,(H,17,18)(H,19,20). The lowest BCUT2D eigenvalue weighted by atomic mass is 10.1. The summed E-state index contributed by atoms with van der Waals surface area (Å²) in [5, 5.41) is 10.8. The lowest BCUT2D eigenvalue weighted by Gasteiger charge is -2.15. The summed E-state index contributed by atoms with van der Waals surface area (Å²) in [5.74, 6) is -1.75. The number of alkyl halides is 3. The molecule has 1 aromatic carbocycles. The molecular formula is C13H14F3NO4. The zero-order valence-electron chi connectivity index (χ0n) is 11.1. The minimum atomic E-state index is -4.41. The molecule has 116 valence electrons. The van der Waals surface area contributed by atoms with Gasteiger partial charge < -0.3 is 15.2 Å². The second kappa shape index (κ2) is 7.07. The number of nitrogens with one attached hydrogen (secondary N) is 1. The number of carboxylic acid groups (broad SMARTS) is 1. The van der Waals surface area contributed by atoms with E-state index in [1.54, 1.807) is 6.92 Å². The largest absolute Gasteiger partial charge is 0.480 e. The highest BCUT2D eigenvalue weighted by Crippen LogP contribution is 2.29. The van der Waals surface area contributed by atoms with Crippen LogP contribution in [0.3, 0.4) is 0 Å². The van der Waals surface area contributed by atoms with Crippen LogP contribution in [-0.4, -0.2) is 30.2 Å². The summed E-state index contributed by atoms with van der Waals surface area (Å²) >= 11 is 0. The Balaban J connectivity index is 2.53. The minimum absolute atomic E-state index is 0.433. The average Bonchev–Trinajstić information content (AvgIpc) is 2.37. The van der Waals surface area contributed by atoms with Crippen LogP contribution in [0.2, 0.25) is 0 Å². The first kappa shape index (κ1) is 17.0. The van der Waals surface area contributed by atoms with Crippen LogP contribution in [0.4, 0.5) is 13.2 Å². The third-order valence-corrected chi connectivity index (χ3v) is 2.57.